The molecular formula is C21H28ClN3O2. The molecule has 0 amide bonds. The zero-order valence-corrected chi connectivity index (χ0v) is 17.0. The Morgan fingerprint density at radius 2 is 1.81 bits per heavy atom. The molecule has 1 aliphatic heterocycles. The highest BCUT2D eigenvalue weighted by atomic mass is 35.5. The third kappa shape index (κ3) is 4.05. The maximum Gasteiger partial charge on any atom is 0.259 e. The molecule has 0 radical (unpaired) electrons. The lowest BCUT2D eigenvalue weighted by molar-refractivity contribution is 0.111. The van der Waals surface area contributed by atoms with Crippen LogP contribution in [0.15, 0.2) is 35.1 Å². The van der Waals surface area contributed by atoms with Gasteiger partial charge in [-0.2, -0.15) is 0 Å². The summed E-state index contributed by atoms with van der Waals surface area (Å²) < 4.78 is 1.72. The summed E-state index contributed by atoms with van der Waals surface area (Å²) in [5.74, 6) is 0.0603. The lowest BCUT2D eigenvalue weighted by atomic mass is 9.96. The van der Waals surface area contributed by atoms with E-state index in [2.05, 4.69) is 16.7 Å². The highest BCUT2D eigenvalue weighted by Crippen LogP contribution is 2.34. The minimum absolute atomic E-state index is 0.0603. The van der Waals surface area contributed by atoms with Crippen molar-refractivity contribution in [2.45, 2.75) is 33.4 Å². The SMILES string of the molecule is CCN1CCN([C@H](c2cccc(Cl)c2)c2c(O)cc(C)n(CC)c2=O)CC1. The van der Waals surface area contributed by atoms with Crippen LogP contribution in [-0.4, -0.2) is 52.2 Å². The van der Waals surface area contributed by atoms with Gasteiger partial charge in [-0.1, -0.05) is 30.7 Å². The second-order valence-corrected chi connectivity index (χ2v) is 7.50. The maximum atomic E-state index is 13.2. The standard InChI is InChI=1S/C21H28ClN3O2/c1-4-23-9-11-24(12-10-23)20(16-7-6-8-17(22)14-16)19-18(26)13-15(3)25(5-2)21(19)27/h6-8,13-14,20,26H,4-5,9-12H2,1-3H3/t20-/m1/s1. The molecule has 1 aromatic heterocycles. The molecule has 5 nitrogen and oxygen atoms in total. The Morgan fingerprint density at radius 3 is 2.41 bits per heavy atom. The number of piperazine rings is 1. The van der Waals surface area contributed by atoms with Crippen LogP contribution in [0, 0.1) is 6.92 Å². The number of benzene rings is 1. The van der Waals surface area contributed by atoms with Gasteiger partial charge in [0.1, 0.15) is 5.75 Å². The van der Waals surface area contributed by atoms with Gasteiger partial charge in [0.05, 0.1) is 11.6 Å². The molecule has 1 N–H and O–H groups in total. The zero-order valence-electron chi connectivity index (χ0n) is 16.3. The van der Waals surface area contributed by atoms with E-state index in [1.807, 2.05) is 38.1 Å². The summed E-state index contributed by atoms with van der Waals surface area (Å²) in [6.07, 6.45) is 0. The molecule has 0 saturated carbocycles. The van der Waals surface area contributed by atoms with Crippen LogP contribution >= 0.6 is 11.6 Å². The molecule has 0 aliphatic carbocycles. The van der Waals surface area contributed by atoms with Gasteiger partial charge >= 0.3 is 0 Å². The first-order valence-electron chi connectivity index (χ1n) is 9.61. The van der Waals surface area contributed by atoms with Crippen molar-refractivity contribution in [3.8, 4) is 5.75 Å². The maximum absolute atomic E-state index is 13.2. The molecule has 2 heterocycles. The van der Waals surface area contributed by atoms with Crippen molar-refractivity contribution >= 4 is 11.6 Å². The quantitative estimate of drug-likeness (QED) is 0.852. The van der Waals surface area contributed by atoms with E-state index in [1.165, 1.54) is 0 Å². The van der Waals surface area contributed by atoms with Crippen LogP contribution in [0.1, 0.15) is 36.7 Å². The summed E-state index contributed by atoms with van der Waals surface area (Å²) in [5.41, 5.74) is 2.02. The molecule has 1 aliphatic rings. The molecule has 0 spiro atoms. The zero-order chi connectivity index (χ0) is 19.6. The number of aryl methyl sites for hydroxylation is 1. The first-order valence-corrected chi connectivity index (χ1v) is 9.99. The minimum Gasteiger partial charge on any atom is -0.507 e. The average molecular weight is 390 g/mol. The van der Waals surface area contributed by atoms with Gasteiger partial charge in [-0.15, -0.1) is 0 Å². The smallest absolute Gasteiger partial charge is 0.259 e. The van der Waals surface area contributed by atoms with Crippen LogP contribution in [0.25, 0.3) is 0 Å². The number of aromatic hydroxyl groups is 1. The van der Waals surface area contributed by atoms with Gasteiger partial charge in [-0.25, -0.2) is 0 Å². The van der Waals surface area contributed by atoms with Crippen LogP contribution in [0.5, 0.6) is 5.75 Å². The number of aromatic nitrogens is 1. The number of rotatable bonds is 5. The van der Waals surface area contributed by atoms with Gasteiger partial charge < -0.3 is 14.6 Å². The van der Waals surface area contributed by atoms with E-state index in [0.29, 0.717) is 17.1 Å². The molecule has 27 heavy (non-hydrogen) atoms. The Balaban J connectivity index is 2.13. The van der Waals surface area contributed by atoms with Gasteiger partial charge in [0.25, 0.3) is 5.56 Å². The molecule has 0 unspecified atom stereocenters. The van der Waals surface area contributed by atoms with E-state index in [4.69, 9.17) is 11.6 Å². The molecule has 0 bridgehead atoms. The fourth-order valence-electron chi connectivity index (χ4n) is 3.99. The highest BCUT2D eigenvalue weighted by molar-refractivity contribution is 6.30. The van der Waals surface area contributed by atoms with Crippen molar-refractivity contribution in [1.29, 1.82) is 0 Å². The summed E-state index contributed by atoms with van der Waals surface area (Å²) in [4.78, 5) is 17.9. The molecule has 6 heteroatoms. The lowest BCUT2D eigenvalue weighted by Gasteiger charge is -2.39. The summed E-state index contributed by atoms with van der Waals surface area (Å²) in [6, 6.07) is 8.99. The Hall–Kier alpha value is -1.82. The minimum atomic E-state index is -0.311. The average Bonchev–Trinajstić information content (AvgIpc) is 2.65. The van der Waals surface area contributed by atoms with Crippen molar-refractivity contribution in [3.63, 3.8) is 0 Å². The fraction of sp³-hybridized carbons (Fsp3) is 0.476. The van der Waals surface area contributed by atoms with Gasteiger partial charge in [0, 0.05) is 43.4 Å². The topological polar surface area (TPSA) is 48.7 Å². The van der Waals surface area contributed by atoms with Crippen LogP contribution in [0.2, 0.25) is 5.02 Å². The molecular weight excluding hydrogens is 362 g/mol. The third-order valence-electron chi connectivity index (χ3n) is 5.50. The summed E-state index contributed by atoms with van der Waals surface area (Å²) >= 11 is 6.25. The van der Waals surface area contributed by atoms with E-state index in [0.717, 1.165) is 44.0 Å². The fourth-order valence-corrected chi connectivity index (χ4v) is 4.19. The van der Waals surface area contributed by atoms with Crippen LogP contribution in [-0.2, 0) is 6.54 Å². The highest BCUT2D eigenvalue weighted by Gasteiger charge is 2.31. The van der Waals surface area contributed by atoms with Crippen molar-refractivity contribution in [2.75, 3.05) is 32.7 Å². The van der Waals surface area contributed by atoms with Gasteiger partial charge in [0.2, 0.25) is 0 Å². The lowest BCUT2D eigenvalue weighted by Crippen LogP contribution is -2.48. The number of halogens is 1. The van der Waals surface area contributed by atoms with Gasteiger partial charge in [-0.3, -0.25) is 9.69 Å². The molecule has 2 aromatic rings. The number of nitrogens with zero attached hydrogens (tertiary/aromatic N) is 3. The largest absolute Gasteiger partial charge is 0.507 e. The van der Waals surface area contributed by atoms with E-state index in [-0.39, 0.29) is 17.4 Å². The molecule has 1 fully saturated rings. The predicted octanol–water partition coefficient (Wildman–Crippen LogP) is 3.26. The van der Waals surface area contributed by atoms with E-state index < -0.39 is 0 Å². The summed E-state index contributed by atoms with van der Waals surface area (Å²) in [7, 11) is 0. The van der Waals surface area contributed by atoms with Crippen molar-refractivity contribution in [3.05, 3.63) is 62.5 Å². The Kier molecular flexibility index (Phi) is 6.25. The van der Waals surface area contributed by atoms with Crippen molar-refractivity contribution in [1.82, 2.24) is 14.4 Å². The van der Waals surface area contributed by atoms with E-state index in [9.17, 15) is 9.90 Å². The monoisotopic (exact) mass is 389 g/mol. The molecule has 1 atom stereocenters. The van der Waals surface area contributed by atoms with Crippen molar-refractivity contribution < 1.29 is 5.11 Å². The summed E-state index contributed by atoms with van der Waals surface area (Å²) in [6.45, 7) is 11.1. The molecule has 1 saturated heterocycles. The van der Waals surface area contributed by atoms with Crippen LogP contribution in [0.4, 0.5) is 0 Å². The first kappa shape index (κ1) is 19.9. The van der Waals surface area contributed by atoms with E-state index in [1.54, 1.807) is 10.6 Å². The first-order chi connectivity index (χ1) is 13.0. The van der Waals surface area contributed by atoms with Gasteiger partial charge in [0.15, 0.2) is 0 Å². The molecule has 1 aromatic carbocycles. The second kappa shape index (κ2) is 8.46. The Morgan fingerprint density at radius 1 is 1.11 bits per heavy atom. The normalized spacial score (nSPS) is 17.2. The predicted molar refractivity (Wildman–Crippen MR) is 110 cm³/mol. The third-order valence-corrected chi connectivity index (χ3v) is 5.73. The molecule has 3 rings (SSSR count). The Bertz CT molecular complexity index is 857. The Labute approximate surface area is 165 Å². The van der Waals surface area contributed by atoms with E-state index >= 15 is 0 Å². The van der Waals surface area contributed by atoms with Crippen molar-refractivity contribution in [2.24, 2.45) is 0 Å². The molecule has 146 valence electrons. The van der Waals surface area contributed by atoms with Crippen LogP contribution < -0.4 is 5.56 Å². The second-order valence-electron chi connectivity index (χ2n) is 7.06. The number of hydrogen-bond donors (Lipinski definition) is 1. The summed E-state index contributed by atoms with van der Waals surface area (Å²) in [5, 5.41) is 11.4. The number of hydrogen-bond acceptors (Lipinski definition) is 4. The van der Waals surface area contributed by atoms with Crippen LogP contribution in [0.3, 0.4) is 0 Å². The number of pyridine rings is 1. The number of likely N-dealkylation sites (N-methyl/N-ethyl adjacent to an activating group) is 1. The van der Waals surface area contributed by atoms with Gasteiger partial charge in [-0.05, 0) is 44.2 Å².